The lowest BCUT2D eigenvalue weighted by Gasteiger charge is -2.27. The summed E-state index contributed by atoms with van der Waals surface area (Å²) in [6.45, 7) is 4.51. The van der Waals surface area contributed by atoms with Gasteiger partial charge in [0.25, 0.3) is 5.91 Å². The fraction of sp³-hybridized carbons (Fsp3) is 0.312. The van der Waals surface area contributed by atoms with E-state index in [0.717, 1.165) is 0 Å². The molecule has 0 aliphatic heterocycles. The van der Waals surface area contributed by atoms with Gasteiger partial charge in [0.1, 0.15) is 11.3 Å². The number of benzene rings is 1. The number of rotatable bonds is 3. The van der Waals surface area contributed by atoms with Crippen LogP contribution in [0.5, 0.6) is 5.75 Å². The highest BCUT2D eigenvalue weighted by Crippen LogP contribution is 2.41. The summed E-state index contributed by atoms with van der Waals surface area (Å²) in [4.78, 5) is 13.9. The molecule has 0 bridgehead atoms. The molecule has 0 aliphatic carbocycles. The Bertz CT molecular complexity index is 705. The van der Waals surface area contributed by atoms with Crippen molar-refractivity contribution in [2.45, 2.75) is 33.0 Å². The van der Waals surface area contributed by atoms with Gasteiger partial charge in [-0.3, -0.25) is 4.79 Å². The predicted octanol–water partition coefficient (Wildman–Crippen LogP) is 4.37. The minimum atomic E-state index is -4.88. The molecule has 1 aromatic heterocycles. The van der Waals surface area contributed by atoms with Crippen molar-refractivity contribution in [2.75, 3.05) is 4.90 Å². The van der Waals surface area contributed by atoms with Gasteiger partial charge in [-0.2, -0.15) is 13.2 Å². The molecule has 0 unspecified atom stereocenters. The summed E-state index contributed by atoms with van der Waals surface area (Å²) in [7, 11) is 0. The number of aromatic hydroxyl groups is 1. The van der Waals surface area contributed by atoms with Crippen molar-refractivity contribution >= 4 is 11.6 Å². The maximum absolute atomic E-state index is 13.1. The van der Waals surface area contributed by atoms with Crippen molar-refractivity contribution in [1.82, 2.24) is 0 Å². The highest BCUT2D eigenvalue weighted by Gasteiger charge is 2.44. The zero-order valence-electron chi connectivity index (χ0n) is 12.8. The number of para-hydroxylation sites is 1. The molecule has 0 fully saturated rings. The molecule has 4 nitrogen and oxygen atoms in total. The number of anilines is 1. The van der Waals surface area contributed by atoms with Gasteiger partial charge >= 0.3 is 6.18 Å². The van der Waals surface area contributed by atoms with E-state index in [-0.39, 0.29) is 5.76 Å². The van der Waals surface area contributed by atoms with Gasteiger partial charge in [-0.05, 0) is 32.9 Å². The normalized spacial score (nSPS) is 11.8. The van der Waals surface area contributed by atoms with Gasteiger partial charge in [0, 0.05) is 11.7 Å². The van der Waals surface area contributed by atoms with Crippen LogP contribution in [0.15, 0.2) is 34.7 Å². The Balaban J connectivity index is 2.59. The third-order valence-corrected chi connectivity index (χ3v) is 3.29. The van der Waals surface area contributed by atoms with Gasteiger partial charge in [0.05, 0.1) is 0 Å². The third kappa shape index (κ3) is 3.18. The average molecular weight is 327 g/mol. The van der Waals surface area contributed by atoms with Crippen LogP contribution in [0.3, 0.4) is 0 Å². The molecule has 2 rings (SSSR count). The SMILES string of the molecule is Cc1oc(C(F)(F)F)c(C(=O)N(c2ccccc2)C(C)C)c1O. The molecule has 0 saturated carbocycles. The van der Waals surface area contributed by atoms with Crippen molar-refractivity contribution in [3.8, 4) is 5.75 Å². The number of hydrogen-bond acceptors (Lipinski definition) is 3. The molecule has 1 heterocycles. The molecule has 1 aromatic carbocycles. The van der Waals surface area contributed by atoms with E-state index < -0.39 is 35.2 Å². The van der Waals surface area contributed by atoms with E-state index in [2.05, 4.69) is 4.42 Å². The van der Waals surface area contributed by atoms with Crippen LogP contribution in [-0.4, -0.2) is 17.1 Å². The Morgan fingerprint density at radius 1 is 1.22 bits per heavy atom. The van der Waals surface area contributed by atoms with E-state index in [1.165, 1.54) is 11.8 Å². The number of hydrogen-bond donors (Lipinski definition) is 1. The van der Waals surface area contributed by atoms with Crippen molar-refractivity contribution < 1.29 is 27.5 Å². The molecule has 0 atom stereocenters. The summed E-state index contributed by atoms with van der Waals surface area (Å²) in [5, 5.41) is 9.89. The van der Waals surface area contributed by atoms with Crippen LogP contribution in [0.2, 0.25) is 0 Å². The maximum atomic E-state index is 13.1. The Hall–Kier alpha value is -2.44. The number of alkyl halides is 3. The van der Waals surface area contributed by atoms with Gasteiger partial charge in [0.2, 0.25) is 5.76 Å². The van der Waals surface area contributed by atoms with E-state index >= 15 is 0 Å². The van der Waals surface area contributed by atoms with Crippen LogP contribution in [0, 0.1) is 6.92 Å². The smallest absolute Gasteiger partial charge is 0.450 e. The van der Waals surface area contributed by atoms with Gasteiger partial charge in [0.15, 0.2) is 5.75 Å². The maximum Gasteiger partial charge on any atom is 0.450 e. The summed E-state index contributed by atoms with van der Waals surface area (Å²) >= 11 is 0. The Labute approximate surface area is 131 Å². The monoisotopic (exact) mass is 327 g/mol. The minimum Gasteiger partial charge on any atom is -0.504 e. The summed E-state index contributed by atoms with van der Waals surface area (Å²) < 4.78 is 43.9. The standard InChI is InChI=1S/C16H16F3NO3/c1-9(2)20(11-7-5-4-6-8-11)15(22)12-13(21)10(3)23-14(12)16(17,18)19/h4-9,21H,1-3H3. The van der Waals surface area contributed by atoms with E-state index in [0.29, 0.717) is 5.69 Å². The van der Waals surface area contributed by atoms with Crippen molar-refractivity contribution in [2.24, 2.45) is 0 Å². The van der Waals surface area contributed by atoms with Crippen LogP contribution in [0.25, 0.3) is 0 Å². The molecule has 0 spiro atoms. The van der Waals surface area contributed by atoms with Crippen LogP contribution in [0.1, 0.15) is 35.7 Å². The fourth-order valence-corrected chi connectivity index (χ4v) is 2.29. The molecule has 0 saturated heterocycles. The van der Waals surface area contributed by atoms with Gasteiger partial charge in [-0.15, -0.1) is 0 Å². The van der Waals surface area contributed by atoms with Crippen molar-refractivity contribution in [3.63, 3.8) is 0 Å². The second kappa shape index (κ2) is 5.98. The number of carbonyl (C=O) groups is 1. The highest BCUT2D eigenvalue weighted by atomic mass is 19.4. The molecule has 2 aromatic rings. The van der Waals surface area contributed by atoms with E-state index in [9.17, 15) is 23.1 Å². The molecule has 1 N–H and O–H groups in total. The third-order valence-electron chi connectivity index (χ3n) is 3.29. The average Bonchev–Trinajstić information content (AvgIpc) is 2.76. The second-order valence-electron chi connectivity index (χ2n) is 5.31. The topological polar surface area (TPSA) is 53.7 Å². The summed E-state index contributed by atoms with van der Waals surface area (Å²) in [5.41, 5.74) is -0.438. The Morgan fingerprint density at radius 3 is 2.26 bits per heavy atom. The first kappa shape index (κ1) is 16.9. The summed E-state index contributed by atoms with van der Waals surface area (Å²) in [6.07, 6.45) is -4.88. The number of amides is 1. The van der Waals surface area contributed by atoms with E-state index in [4.69, 9.17) is 0 Å². The highest BCUT2D eigenvalue weighted by molar-refractivity contribution is 6.09. The summed E-state index contributed by atoms with van der Waals surface area (Å²) in [6, 6.07) is 7.87. The van der Waals surface area contributed by atoms with Gasteiger partial charge in [-0.1, -0.05) is 18.2 Å². The quantitative estimate of drug-likeness (QED) is 0.911. The van der Waals surface area contributed by atoms with Crippen molar-refractivity contribution in [1.29, 1.82) is 0 Å². The molecule has 23 heavy (non-hydrogen) atoms. The van der Waals surface area contributed by atoms with Crippen LogP contribution in [-0.2, 0) is 6.18 Å². The fourth-order valence-electron chi connectivity index (χ4n) is 2.29. The molecule has 0 aliphatic rings. The van der Waals surface area contributed by atoms with Crippen LogP contribution >= 0.6 is 0 Å². The number of carbonyl (C=O) groups excluding carboxylic acids is 1. The molecular formula is C16H16F3NO3. The van der Waals surface area contributed by atoms with Crippen LogP contribution in [0.4, 0.5) is 18.9 Å². The molecular weight excluding hydrogens is 311 g/mol. The first-order chi connectivity index (χ1) is 10.6. The number of aryl methyl sites for hydroxylation is 1. The minimum absolute atomic E-state index is 0.350. The first-order valence-corrected chi connectivity index (χ1v) is 6.92. The van der Waals surface area contributed by atoms with Gasteiger partial charge < -0.3 is 14.4 Å². The predicted molar refractivity (Wildman–Crippen MR) is 78.5 cm³/mol. The lowest BCUT2D eigenvalue weighted by atomic mass is 10.1. The second-order valence-corrected chi connectivity index (χ2v) is 5.31. The molecule has 0 radical (unpaired) electrons. The van der Waals surface area contributed by atoms with Gasteiger partial charge in [-0.25, -0.2) is 0 Å². The van der Waals surface area contributed by atoms with Crippen molar-refractivity contribution in [3.05, 3.63) is 47.4 Å². The lowest BCUT2D eigenvalue weighted by molar-refractivity contribution is -0.153. The zero-order valence-corrected chi connectivity index (χ0v) is 12.8. The van der Waals surface area contributed by atoms with E-state index in [1.807, 2.05) is 0 Å². The van der Waals surface area contributed by atoms with E-state index in [1.54, 1.807) is 44.2 Å². The molecule has 7 heteroatoms. The zero-order chi connectivity index (χ0) is 17.4. The van der Waals surface area contributed by atoms with Crippen LogP contribution < -0.4 is 4.90 Å². The molecule has 124 valence electrons. The Morgan fingerprint density at radius 2 is 1.78 bits per heavy atom. The lowest BCUT2D eigenvalue weighted by Crippen LogP contribution is -2.37. The number of nitrogens with zero attached hydrogens (tertiary/aromatic N) is 1. The largest absolute Gasteiger partial charge is 0.504 e. The number of furan rings is 1. The summed E-state index contributed by atoms with van der Waals surface area (Å²) in [5.74, 6) is -3.59. The first-order valence-electron chi connectivity index (χ1n) is 6.92. The molecule has 1 amide bonds. The number of halogens is 3. The Kier molecular flexibility index (Phi) is 4.40.